The van der Waals surface area contributed by atoms with Crippen LogP contribution in [-0.4, -0.2) is 26.5 Å². The first-order valence-electron chi connectivity index (χ1n) is 7.91. The lowest BCUT2D eigenvalue weighted by molar-refractivity contribution is 0.408. The van der Waals surface area contributed by atoms with E-state index in [0.29, 0.717) is 5.75 Å². The summed E-state index contributed by atoms with van der Waals surface area (Å²) < 4.78 is 28.7. The van der Waals surface area contributed by atoms with E-state index in [1.54, 1.807) is 21.0 Å². The standard InChI is InChI=1S/C17H27ClO3S/c1-14(2)22(19,20)12-8-6-4-5-7-9-15-13-16(18)10-11-17(15)21-3/h10-11,13-14H,4-9,12H2,1-3H3. The summed E-state index contributed by atoms with van der Waals surface area (Å²) in [5.41, 5.74) is 1.14. The van der Waals surface area contributed by atoms with Gasteiger partial charge in [0.25, 0.3) is 0 Å². The summed E-state index contributed by atoms with van der Waals surface area (Å²) in [5, 5.41) is 0.470. The summed E-state index contributed by atoms with van der Waals surface area (Å²) >= 11 is 6.01. The van der Waals surface area contributed by atoms with Crippen LogP contribution in [0.4, 0.5) is 0 Å². The second kappa shape index (κ2) is 9.41. The number of sulfone groups is 1. The number of unbranched alkanes of at least 4 members (excludes halogenated alkanes) is 4. The van der Waals surface area contributed by atoms with Gasteiger partial charge >= 0.3 is 0 Å². The fourth-order valence-electron chi connectivity index (χ4n) is 2.33. The van der Waals surface area contributed by atoms with Crippen LogP contribution in [0.3, 0.4) is 0 Å². The molecule has 0 unspecified atom stereocenters. The van der Waals surface area contributed by atoms with E-state index in [9.17, 15) is 8.42 Å². The molecule has 0 aliphatic carbocycles. The van der Waals surface area contributed by atoms with Crippen molar-refractivity contribution in [2.75, 3.05) is 12.9 Å². The average Bonchev–Trinajstić information content (AvgIpc) is 2.46. The first-order valence-corrected chi connectivity index (χ1v) is 10.00. The van der Waals surface area contributed by atoms with E-state index in [2.05, 4.69) is 0 Å². The third-order valence-electron chi connectivity index (χ3n) is 3.84. The van der Waals surface area contributed by atoms with Crippen LogP contribution in [0.1, 0.15) is 51.5 Å². The quantitative estimate of drug-likeness (QED) is 0.578. The van der Waals surface area contributed by atoms with E-state index in [0.717, 1.165) is 54.9 Å². The van der Waals surface area contributed by atoms with Crippen LogP contribution >= 0.6 is 11.6 Å². The number of hydrogen-bond acceptors (Lipinski definition) is 3. The van der Waals surface area contributed by atoms with Gasteiger partial charge < -0.3 is 4.74 Å². The van der Waals surface area contributed by atoms with Crippen molar-refractivity contribution in [3.8, 4) is 5.75 Å². The van der Waals surface area contributed by atoms with Crippen molar-refractivity contribution in [3.05, 3.63) is 28.8 Å². The van der Waals surface area contributed by atoms with Crippen molar-refractivity contribution in [2.45, 2.75) is 57.6 Å². The molecule has 5 heteroatoms. The summed E-state index contributed by atoms with van der Waals surface area (Å²) in [6.45, 7) is 3.49. The van der Waals surface area contributed by atoms with E-state index < -0.39 is 9.84 Å². The molecule has 0 aromatic heterocycles. The highest BCUT2D eigenvalue weighted by atomic mass is 35.5. The van der Waals surface area contributed by atoms with Crippen molar-refractivity contribution in [1.29, 1.82) is 0 Å². The molecule has 1 aromatic rings. The second-order valence-electron chi connectivity index (χ2n) is 5.89. The zero-order valence-corrected chi connectivity index (χ0v) is 15.3. The summed E-state index contributed by atoms with van der Waals surface area (Å²) in [6, 6.07) is 5.68. The van der Waals surface area contributed by atoms with Crippen molar-refractivity contribution in [1.82, 2.24) is 0 Å². The van der Waals surface area contributed by atoms with Crippen molar-refractivity contribution >= 4 is 21.4 Å². The van der Waals surface area contributed by atoms with E-state index in [1.807, 2.05) is 18.2 Å². The van der Waals surface area contributed by atoms with Gasteiger partial charge in [0.15, 0.2) is 9.84 Å². The lowest BCUT2D eigenvalue weighted by atomic mass is 10.0. The molecular weight excluding hydrogens is 320 g/mol. The molecule has 0 spiro atoms. The molecule has 0 saturated heterocycles. The zero-order chi connectivity index (χ0) is 16.6. The Labute approximate surface area is 139 Å². The third kappa shape index (κ3) is 6.57. The predicted octanol–water partition coefficient (Wildman–Crippen LogP) is 4.66. The number of benzene rings is 1. The molecule has 1 rings (SSSR count). The van der Waals surface area contributed by atoms with Gasteiger partial charge in [0.2, 0.25) is 0 Å². The van der Waals surface area contributed by atoms with Crippen LogP contribution in [0.25, 0.3) is 0 Å². The van der Waals surface area contributed by atoms with Gasteiger partial charge in [-0.3, -0.25) is 0 Å². The molecule has 0 atom stereocenters. The molecule has 0 radical (unpaired) electrons. The van der Waals surface area contributed by atoms with Gasteiger partial charge in [-0.15, -0.1) is 0 Å². The van der Waals surface area contributed by atoms with Crippen molar-refractivity contribution in [3.63, 3.8) is 0 Å². The summed E-state index contributed by atoms with van der Waals surface area (Å²) in [4.78, 5) is 0. The van der Waals surface area contributed by atoms with Gasteiger partial charge in [0.1, 0.15) is 5.75 Å². The van der Waals surface area contributed by atoms with Crippen molar-refractivity contribution in [2.24, 2.45) is 0 Å². The number of ether oxygens (including phenoxy) is 1. The summed E-state index contributed by atoms with van der Waals surface area (Å²) in [5.74, 6) is 1.19. The van der Waals surface area contributed by atoms with Gasteiger partial charge in [-0.1, -0.05) is 30.9 Å². The number of methoxy groups -OCH3 is 1. The number of hydrogen-bond donors (Lipinski definition) is 0. The molecule has 1 aromatic carbocycles. The van der Waals surface area contributed by atoms with E-state index in [1.165, 1.54) is 0 Å². The average molecular weight is 347 g/mol. The minimum atomic E-state index is -2.88. The fourth-order valence-corrected chi connectivity index (χ4v) is 3.60. The van der Waals surface area contributed by atoms with Crippen LogP contribution in [0.5, 0.6) is 5.75 Å². The van der Waals surface area contributed by atoms with Crippen LogP contribution in [-0.2, 0) is 16.3 Å². The Morgan fingerprint density at radius 3 is 2.36 bits per heavy atom. The third-order valence-corrected chi connectivity index (χ3v) is 6.36. The van der Waals surface area contributed by atoms with Crippen LogP contribution < -0.4 is 4.74 Å². The van der Waals surface area contributed by atoms with Crippen LogP contribution in [0.15, 0.2) is 18.2 Å². The largest absolute Gasteiger partial charge is 0.496 e. The molecule has 22 heavy (non-hydrogen) atoms. The first-order chi connectivity index (χ1) is 10.4. The fraction of sp³-hybridized carbons (Fsp3) is 0.647. The van der Waals surface area contributed by atoms with E-state index in [-0.39, 0.29) is 5.25 Å². The molecule has 0 bridgehead atoms. The Morgan fingerprint density at radius 1 is 1.09 bits per heavy atom. The molecule has 0 fully saturated rings. The molecule has 0 aliphatic rings. The minimum absolute atomic E-state index is 0.261. The minimum Gasteiger partial charge on any atom is -0.496 e. The Morgan fingerprint density at radius 2 is 1.73 bits per heavy atom. The van der Waals surface area contributed by atoms with E-state index in [4.69, 9.17) is 16.3 Å². The van der Waals surface area contributed by atoms with Gasteiger partial charge in [-0.05, 0) is 56.9 Å². The molecule has 0 N–H and O–H groups in total. The lowest BCUT2D eigenvalue weighted by Gasteiger charge is -2.09. The number of rotatable bonds is 10. The lowest BCUT2D eigenvalue weighted by Crippen LogP contribution is -2.17. The van der Waals surface area contributed by atoms with Crippen LogP contribution in [0.2, 0.25) is 5.02 Å². The Balaban J connectivity index is 2.23. The highest BCUT2D eigenvalue weighted by Gasteiger charge is 2.14. The van der Waals surface area contributed by atoms with Gasteiger partial charge in [-0.2, -0.15) is 0 Å². The van der Waals surface area contributed by atoms with Crippen LogP contribution in [0, 0.1) is 0 Å². The topological polar surface area (TPSA) is 43.4 Å². The Kier molecular flexibility index (Phi) is 8.26. The molecule has 0 amide bonds. The van der Waals surface area contributed by atoms with Crippen molar-refractivity contribution < 1.29 is 13.2 Å². The van der Waals surface area contributed by atoms with Gasteiger partial charge in [0.05, 0.1) is 18.1 Å². The first kappa shape index (κ1) is 19.3. The summed E-state index contributed by atoms with van der Waals surface area (Å²) in [6.07, 6.45) is 5.90. The maximum atomic E-state index is 11.7. The monoisotopic (exact) mass is 346 g/mol. The highest BCUT2D eigenvalue weighted by Crippen LogP contribution is 2.24. The predicted molar refractivity (Wildman–Crippen MR) is 93.7 cm³/mol. The molecule has 3 nitrogen and oxygen atoms in total. The highest BCUT2D eigenvalue weighted by molar-refractivity contribution is 7.91. The smallest absolute Gasteiger partial charge is 0.152 e. The normalized spacial score (nSPS) is 11.9. The molecule has 0 aliphatic heterocycles. The summed E-state index contributed by atoms with van der Waals surface area (Å²) in [7, 11) is -1.21. The number of aryl methyl sites for hydroxylation is 1. The maximum absolute atomic E-state index is 11.7. The van der Waals surface area contributed by atoms with Gasteiger partial charge in [-0.25, -0.2) is 8.42 Å². The molecule has 126 valence electrons. The molecule has 0 saturated carbocycles. The van der Waals surface area contributed by atoms with E-state index >= 15 is 0 Å². The zero-order valence-electron chi connectivity index (χ0n) is 13.8. The Bertz CT molecular complexity index is 553. The SMILES string of the molecule is COc1ccc(Cl)cc1CCCCCCCS(=O)(=O)C(C)C. The molecule has 0 heterocycles. The molecular formula is C17H27ClO3S. The van der Waals surface area contributed by atoms with Gasteiger partial charge in [0, 0.05) is 5.02 Å². The maximum Gasteiger partial charge on any atom is 0.152 e. The number of halogens is 1. The second-order valence-corrected chi connectivity index (χ2v) is 9.00. The Hall–Kier alpha value is -0.740.